The van der Waals surface area contributed by atoms with Crippen LogP contribution in [0.2, 0.25) is 0 Å². The Bertz CT molecular complexity index is 296. The van der Waals surface area contributed by atoms with Crippen molar-refractivity contribution in [3.05, 3.63) is 29.8 Å². The lowest BCUT2D eigenvalue weighted by atomic mass is 9.82. The van der Waals surface area contributed by atoms with Crippen LogP contribution in [0.3, 0.4) is 0 Å². The van der Waals surface area contributed by atoms with E-state index >= 15 is 0 Å². The molecule has 84 valence electrons. The summed E-state index contributed by atoms with van der Waals surface area (Å²) in [5, 5.41) is 0.662. The summed E-state index contributed by atoms with van der Waals surface area (Å²) in [5.74, 6) is 0. The van der Waals surface area contributed by atoms with Gasteiger partial charge in [0.25, 0.3) is 0 Å². The smallest absolute Gasteiger partial charge is 0.00747 e. The lowest BCUT2D eigenvalue weighted by Crippen LogP contribution is -2.14. The number of rotatable bonds is 4. The molecule has 1 aromatic rings. The van der Waals surface area contributed by atoms with E-state index in [4.69, 9.17) is 0 Å². The highest BCUT2D eigenvalue weighted by Gasteiger charge is 2.17. The van der Waals surface area contributed by atoms with Gasteiger partial charge in [0.1, 0.15) is 0 Å². The predicted molar refractivity (Wildman–Crippen MR) is 70.8 cm³/mol. The molecule has 0 saturated carbocycles. The molecule has 0 fully saturated rings. The van der Waals surface area contributed by atoms with Gasteiger partial charge in [-0.25, -0.2) is 0 Å². The van der Waals surface area contributed by atoms with Gasteiger partial charge >= 0.3 is 0 Å². The summed E-state index contributed by atoms with van der Waals surface area (Å²) < 4.78 is 0. The number of benzene rings is 1. The Morgan fingerprint density at radius 3 is 2.07 bits per heavy atom. The Kier molecular flexibility index (Phi) is 4.27. The normalized spacial score (nSPS) is 12.1. The minimum Gasteiger partial charge on any atom is -0.123 e. The standard InChI is InChI=1S/C14H22S/c1-6-14(4,5)12-7-9-13(10-8-12)15-11(2)3/h7-11H,6H2,1-5H3. The van der Waals surface area contributed by atoms with Gasteiger partial charge in [-0.2, -0.15) is 0 Å². The van der Waals surface area contributed by atoms with Crippen LogP contribution >= 0.6 is 11.8 Å². The summed E-state index contributed by atoms with van der Waals surface area (Å²) in [4.78, 5) is 1.38. The van der Waals surface area contributed by atoms with E-state index < -0.39 is 0 Å². The van der Waals surface area contributed by atoms with Crippen LogP contribution in [0.1, 0.15) is 46.6 Å². The zero-order valence-electron chi connectivity index (χ0n) is 10.5. The zero-order chi connectivity index (χ0) is 11.5. The number of hydrogen-bond donors (Lipinski definition) is 0. The first-order valence-electron chi connectivity index (χ1n) is 5.73. The molecule has 1 heteroatoms. The summed E-state index contributed by atoms with van der Waals surface area (Å²) in [6.45, 7) is 11.3. The van der Waals surface area contributed by atoms with Crippen molar-refractivity contribution in [3.63, 3.8) is 0 Å². The van der Waals surface area contributed by atoms with Gasteiger partial charge in [0.15, 0.2) is 0 Å². The van der Waals surface area contributed by atoms with Gasteiger partial charge < -0.3 is 0 Å². The molecule has 0 aliphatic rings. The summed E-state index contributed by atoms with van der Waals surface area (Å²) in [5.41, 5.74) is 1.75. The minimum absolute atomic E-state index is 0.307. The third-order valence-electron chi connectivity index (χ3n) is 2.89. The Morgan fingerprint density at radius 1 is 1.13 bits per heavy atom. The summed E-state index contributed by atoms with van der Waals surface area (Å²) in [6.07, 6.45) is 1.18. The third-order valence-corrected chi connectivity index (χ3v) is 3.91. The monoisotopic (exact) mass is 222 g/mol. The molecule has 0 amide bonds. The third kappa shape index (κ3) is 3.57. The molecule has 0 nitrogen and oxygen atoms in total. The number of hydrogen-bond acceptors (Lipinski definition) is 1. The quantitative estimate of drug-likeness (QED) is 0.655. The van der Waals surface area contributed by atoms with Gasteiger partial charge in [0.2, 0.25) is 0 Å². The zero-order valence-corrected chi connectivity index (χ0v) is 11.3. The SMILES string of the molecule is CCC(C)(C)c1ccc(SC(C)C)cc1. The molecule has 0 bridgehead atoms. The van der Waals surface area contributed by atoms with Crippen LogP contribution in [-0.4, -0.2) is 5.25 Å². The van der Waals surface area contributed by atoms with Crippen LogP contribution in [0.15, 0.2) is 29.2 Å². The van der Waals surface area contributed by atoms with Crippen LogP contribution in [0.5, 0.6) is 0 Å². The maximum Gasteiger partial charge on any atom is 0.00747 e. The second kappa shape index (κ2) is 5.07. The van der Waals surface area contributed by atoms with Crippen LogP contribution in [0.25, 0.3) is 0 Å². The minimum atomic E-state index is 0.307. The van der Waals surface area contributed by atoms with Crippen LogP contribution in [0, 0.1) is 0 Å². The molecule has 0 aliphatic carbocycles. The lowest BCUT2D eigenvalue weighted by Gasteiger charge is -2.23. The summed E-state index contributed by atoms with van der Waals surface area (Å²) in [7, 11) is 0. The molecule has 0 saturated heterocycles. The highest BCUT2D eigenvalue weighted by Crippen LogP contribution is 2.29. The van der Waals surface area contributed by atoms with Crippen molar-refractivity contribution in [2.75, 3.05) is 0 Å². The molecule has 0 radical (unpaired) electrons. The first-order chi connectivity index (χ1) is 6.95. The molecular formula is C14H22S. The molecule has 1 aromatic carbocycles. The Morgan fingerprint density at radius 2 is 1.67 bits per heavy atom. The fourth-order valence-electron chi connectivity index (χ4n) is 1.46. The second-order valence-corrected chi connectivity index (χ2v) is 6.58. The van der Waals surface area contributed by atoms with Crippen molar-refractivity contribution in [1.29, 1.82) is 0 Å². The largest absolute Gasteiger partial charge is 0.123 e. The van der Waals surface area contributed by atoms with Gasteiger partial charge in [-0.3, -0.25) is 0 Å². The van der Waals surface area contributed by atoms with E-state index in [0.717, 1.165) is 0 Å². The van der Waals surface area contributed by atoms with Crippen LogP contribution < -0.4 is 0 Å². The van der Waals surface area contributed by atoms with Gasteiger partial charge in [-0.15, -0.1) is 11.8 Å². The highest BCUT2D eigenvalue weighted by atomic mass is 32.2. The Labute approximate surface area is 98.5 Å². The van der Waals surface area contributed by atoms with Crippen LogP contribution in [-0.2, 0) is 5.41 Å². The van der Waals surface area contributed by atoms with E-state index in [-0.39, 0.29) is 0 Å². The fraction of sp³-hybridized carbons (Fsp3) is 0.571. The maximum absolute atomic E-state index is 2.30. The molecule has 0 heterocycles. The second-order valence-electron chi connectivity index (χ2n) is 4.93. The molecular weight excluding hydrogens is 200 g/mol. The van der Waals surface area contributed by atoms with E-state index in [1.165, 1.54) is 16.9 Å². The summed E-state index contributed by atoms with van der Waals surface area (Å²) in [6, 6.07) is 9.04. The van der Waals surface area contributed by atoms with Crippen molar-refractivity contribution in [1.82, 2.24) is 0 Å². The van der Waals surface area contributed by atoms with E-state index in [2.05, 4.69) is 58.9 Å². The van der Waals surface area contributed by atoms with Gasteiger partial charge in [-0.05, 0) is 29.5 Å². The predicted octanol–water partition coefficient (Wildman–Crippen LogP) is 4.87. The molecule has 15 heavy (non-hydrogen) atoms. The first kappa shape index (κ1) is 12.6. The van der Waals surface area contributed by atoms with E-state index in [0.29, 0.717) is 10.7 Å². The molecule has 0 N–H and O–H groups in total. The average molecular weight is 222 g/mol. The number of thioether (sulfide) groups is 1. The average Bonchev–Trinajstić information content (AvgIpc) is 2.18. The van der Waals surface area contributed by atoms with Gasteiger partial charge in [0, 0.05) is 10.1 Å². The van der Waals surface area contributed by atoms with Crippen molar-refractivity contribution in [2.24, 2.45) is 0 Å². The Hall–Kier alpha value is -0.430. The van der Waals surface area contributed by atoms with Crippen molar-refractivity contribution >= 4 is 11.8 Å². The molecule has 0 unspecified atom stereocenters. The first-order valence-corrected chi connectivity index (χ1v) is 6.61. The van der Waals surface area contributed by atoms with Crippen LogP contribution in [0.4, 0.5) is 0 Å². The molecule has 0 aliphatic heterocycles. The topological polar surface area (TPSA) is 0 Å². The van der Waals surface area contributed by atoms with Gasteiger partial charge in [-0.1, -0.05) is 46.8 Å². The highest BCUT2D eigenvalue weighted by molar-refractivity contribution is 7.99. The summed E-state index contributed by atoms with van der Waals surface area (Å²) >= 11 is 1.93. The fourth-order valence-corrected chi connectivity index (χ4v) is 2.30. The van der Waals surface area contributed by atoms with E-state index in [1.54, 1.807) is 0 Å². The van der Waals surface area contributed by atoms with Crippen molar-refractivity contribution < 1.29 is 0 Å². The van der Waals surface area contributed by atoms with Gasteiger partial charge in [0.05, 0.1) is 0 Å². The Balaban J connectivity index is 2.81. The lowest BCUT2D eigenvalue weighted by molar-refractivity contribution is 0.506. The molecule has 0 spiro atoms. The van der Waals surface area contributed by atoms with Crippen molar-refractivity contribution in [2.45, 2.75) is 56.6 Å². The van der Waals surface area contributed by atoms with Crippen molar-refractivity contribution in [3.8, 4) is 0 Å². The molecule has 1 rings (SSSR count). The molecule has 0 aromatic heterocycles. The van der Waals surface area contributed by atoms with E-state index in [9.17, 15) is 0 Å². The maximum atomic E-state index is 2.30. The van der Waals surface area contributed by atoms with E-state index in [1.807, 2.05) is 11.8 Å². The molecule has 0 atom stereocenters.